The van der Waals surface area contributed by atoms with E-state index in [1.54, 1.807) is 31.2 Å². The lowest BCUT2D eigenvalue weighted by Crippen LogP contribution is -2.36. The molecule has 8 nitrogen and oxygen atoms in total. The summed E-state index contributed by atoms with van der Waals surface area (Å²) >= 11 is 0. The largest absolute Gasteiger partial charge is 0.435 e. The maximum absolute atomic E-state index is 13.1. The molecule has 33 heavy (non-hydrogen) atoms. The van der Waals surface area contributed by atoms with Crippen molar-refractivity contribution in [3.63, 3.8) is 0 Å². The van der Waals surface area contributed by atoms with Crippen molar-refractivity contribution in [3.8, 4) is 5.75 Å². The maximum Gasteiger partial charge on any atom is 0.387 e. The Hall–Kier alpha value is -3.31. The number of benzene rings is 2. The number of rotatable bonds is 7. The summed E-state index contributed by atoms with van der Waals surface area (Å²) in [4.78, 5) is 14.5. The van der Waals surface area contributed by atoms with Gasteiger partial charge in [0.05, 0.1) is 29.2 Å². The summed E-state index contributed by atoms with van der Waals surface area (Å²) in [6.07, 6.45) is 0.423. The molecule has 1 N–H and O–H groups in total. The number of carbonyl (C=O) groups is 1. The molecule has 1 aliphatic heterocycles. The van der Waals surface area contributed by atoms with E-state index in [0.29, 0.717) is 16.8 Å². The van der Waals surface area contributed by atoms with E-state index in [1.807, 2.05) is 6.07 Å². The van der Waals surface area contributed by atoms with Crippen LogP contribution in [0.25, 0.3) is 0 Å². The van der Waals surface area contributed by atoms with E-state index in [-0.39, 0.29) is 29.6 Å². The van der Waals surface area contributed by atoms with Crippen molar-refractivity contribution in [2.75, 3.05) is 0 Å². The lowest BCUT2D eigenvalue weighted by atomic mass is 9.93. The Morgan fingerprint density at radius 2 is 1.76 bits per heavy atom. The molecule has 11 heteroatoms. The minimum Gasteiger partial charge on any atom is -0.435 e. The fourth-order valence-electron chi connectivity index (χ4n) is 3.79. The highest BCUT2D eigenvalue weighted by Crippen LogP contribution is 2.29. The van der Waals surface area contributed by atoms with E-state index in [2.05, 4.69) is 9.84 Å². The van der Waals surface area contributed by atoms with Crippen LogP contribution in [0.3, 0.4) is 0 Å². The van der Waals surface area contributed by atoms with Crippen LogP contribution in [0, 0.1) is 0 Å². The van der Waals surface area contributed by atoms with Gasteiger partial charge in [-0.15, -0.1) is 0 Å². The average Bonchev–Trinajstić information content (AvgIpc) is 3.34. The second-order valence-corrected chi connectivity index (χ2v) is 9.45. The number of hydrogen-bond acceptors (Lipinski definition) is 6. The number of aromatic nitrogens is 2. The van der Waals surface area contributed by atoms with Crippen molar-refractivity contribution in [3.05, 3.63) is 77.6 Å². The zero-order valence-electron chi connectivity index (χ0n) is 17.5. The Bertz CT molecular complexity index is 1220. The van der Waals surface area contributed by atoms with E-state index in [1.165, 1.54) is 11.1 Å². The molecule has 1 amide bonds. The van der Waals surface area contributed by atoms with Crippen LogP contribution in [0.1, 0.15) is 29.7 Å². The Morgan fingerprint density at radius 1 is 1.09 bits per heavy atom. The van der Waals surface area contributed by atoms with Gasteiger partial charge < -0.3 is 14.7 Å². The van der Waals surface area contributed by atoms with Gasteiger partial charge in [0.25, 0.3) is 10.0 Å². The van der Waals surface area contributed by atoms with Gasteiger partial charge in [-0.1, -0.05) is 30.3 Å². The van der Waals surface area contributed by atoms with Crippen LogP contribution >= 0.6 is 0 Å². The SMILES string of the molecule is C[C@@H](O)[C@@H](C(=O)N1Cc2cn(S(=O)(=O)c3ccc(OC(F)F)cc3)nc2C1)c1ccccc1. The third kappa shape index (κ3) is 4.60. The Kier molecular flexibility index (Phi) is 6.17. The third-order valence-electron chi connectivity index (χ3n) is 5.37. The fourth-order valence-corrected chi connectivity index (χ4v) is 4.96. The highest BCUT2D eigenvalue weighted by atomic mass is 32.2. The molecule has 2 aromatic carbocycles. The van der Waals surface area contributed by atoms with Crippen LogP contribution in [0.5, 0.6) is 5.75 Å². The number of alkyl halides is 2. The first-order valence-corrected chi connectivity index (χ1v) is 11.5. The second-order valence-electron chi connectivity index (χ2n) is 7.65. The number of ether oxygens (including phenoxy) is 1. The molecule has 0 saturated carbocycles. The van der Waals surface area contributed by atoms with Gasteiger partial charge in [-0.2, -0.15) is 26.4 Å². The van der Waals surface area contributed by atoms with E-state index < -0.39 is 28.7 Å². The van der Waals surface area contributed by atoms with Gasteiger partial charge in [0, 0.05) is 18.3 Å². The monoisotopic (exact) mass is 477 g/mol. The summed E-state index contributed by atoms with van der Waals surface area (Å²) in [5, 5.41) is 14.4. The molecule has 0 bridgehead atoms. The van der Waals surface area contributed by atoms with Crippen molar-refractivity contribution >= 4 is 15.9 Å². The number of halogens is 2. The molecule has 174 valence electrons. The Morgan fingerprint density at radius 3 is 2.33 bits per heavy atom. The first-order chi connectivity index (χ1) is 15.7. The number of nitrogens with zero attached hydrogens (tertiary/aromatic N) is 3. The summed E-state index contributed by atoms with van der Waals surface area (Å²) in [6.45, 7) is -1.20. The molecule has 0 radical (unpaired) electrons. The van der Waals surface area contributed by atoms with Gasteiger partial charge in [-0.3, -0.25) is 4.79 Å². The average molecular weight is 477 g/mol. The molecular formula is C22H21F2N3O5S. The van der Waals surface area contributed by atoms with Crippen molar-refractivity contribution in [1.82, 2.24) is 14.1 Å². The highest BCUT2D eigenvalue weighted by Gasteiger charge is 2.35. The minimum absolute atomic E-state index is 0.105. The van der Waals surface area contributed by atoms with E-state index in [9.17, 15) is 27.1 Å². The molecule has 2 atom stereocenters. The molecule has 0 spiro atoms. The van der Waals surface area contributed by atoms with Gasteiger partial charge >= 0.3 is 6.61 Å². The molecule has 0 aliphatic carbocycles. The Labute approximate surface area is 189 Å². The smallest absolute Gasteiger partial charge is 0.387 e. The topological polar surface area (TPSA) is 102 Å². The Balaban J connectivity index is 1.51. The molecule has 0 saturated heterocycles. The molecule has 0 unspecified atom stereocenters. The van der Waals surface area contributed by atoms with E-state index >= 15 is 0 Å². The van der Waals surface area contributed by atoms with Crippen LogP contribution < -0.4 is 4.74 Å². The van der Waals surface area contributed by atoms with E-state index in [0.717, 1.165) is 28.4 Å². The standard InChI is InChI=1S/C22H21F2N3O5S/c1-14(28)20(15-5-3-2-4-6-15)21(29)26-11-16-12-27(25-19(16)13-26)33(30,31)18-9-7-17(8-10-18)32-22(23)24/h2-10,12,14,20,22,28H,11,13H2,1H3/t14-,20-/m1/s1. The van der Waals surface area contributed by atoms with Gasteiger partial charge in [0.15, 0.2) is 0 Å². The molecular weight excluding hydrogens is 456 g/mol. The normalized spacial score (nSPS) is 15.4. The van der Waals surface area contributed by atoms with Crippen LogP contribution in [0.2, 0.25) is 0 Å². The fraction of sp³-hybridized carbons (Fsp3) is 0.273. The van der Waals surface area contributed by atoms with Crippen LogP contribution in [0.15, 0.2) is 65.7 Å². The number of aliphatic hydroxyl groups is 1. The molecule has 1 aliphatic rings. The zero-order valence-corrected chi connectivity index (χ0v) is 18.3. The van der Waals surface area contributed by atoms with Crippen molar-refractivity contribution in [2.24, 2.45) is 0 Å². The predicted molar refractivity (Wildman–Crippen MR) is 113 cm³/mol. The van der Waals surface area contributed by atoms with Crippen LogP contribution in [0.4, 0.5) is 8.78 Å². The number of hydrogen-bond donors (Lipinski definition) is 1. The van der Waals surface area contributed by atoms with Gasteiger partial charge in [-0.25, -0.2) is 0 Å². The van der Waals surface area contributed by atoms with Gasteiger partial charge in [0.2, 0.25) is 5.91 Å². The molecule has 2 heterocycles. The number of aliphatic hydroxyl groups excluding tert-OH is 1. The second kappa shape index (κ2) is 8.91. The van der Waals surface area contributed by atoms with Crippen molar-refractivity contribution < 1.29 is 31.8 Å². The lowest BCUT2D eigenvalue weighted by Gasteiger charge is -2.25. The first kappa shape index (κ1) is 22.9. The molecule has 3 aromatic rings. The predicted octanol–water partition coefficient (Wildman–Crippen LogP) is 2.73. The number of carbonyl (C=O) groups excluding carboxylic acids is 1. The summed E-state index contributed by atoms with van der Waals surface area (Å²) in [5.41, 5.74) is 1.69. The summed E-state index contributed by atoms with van der Waals surface area (Å²) in [6, 6.07) is 13.5. The summed E-state index contributed by atoms with van der Waals surface area (Å²) < 4.78 is 55.4. The summed E-state index contributed by atoms with van der Waals surface area (Å²) in [5.74, 6) is -1.19. The lowest BCUT2D eigenvalue weighted by molar-refractivity contribution is -0.135. The van der Waals surface area contributed by atoms with Crippen LogP contribution in [-0.2, 0) is 27.9 Å². The molecule has 4 rings (SSSR count). The highest BCUT2D eigenvalue weighted by molar-refractivity contribution is 7.89. The summed E-state index contributed by atoms with van der Waals surface area (Å²) in [7, 11) is -4.05. The first-order valence-electron chi connectivity index (χ1n) is 10.1. The van der Waals surface area contributed by atoms with Gasteiger partial charge in [-0.05, 0) is 36.8 Å². The van der Waals surface area contributed by atoms with Gasteiger partial charge in [0.1, 0.15) is 5.75 Å². The third-order valence-corrected chi connectivity index (χ3v) is 6.92. The number of fused-ring (bicyclic) bond motifs is 1. The number of amides is 1. The van der Waals surface area contributed by atoms with Crippen molar-refractivity contribution in [1.29, 1.82) is 0 Å². The van der Waals surface area contributed by atoms with E-state index in [4.69, 9.17) is 0 Å². The molecule has 1 aromatic heterocycles. The maximum atomic E-state index is 13.1. The quantitative estimate of drug-likeness (QED) is 0.562. The van der Waals surface area contributed by atoms with Crippen LogP contribution in [-0.4, -0.2) is 46.2 Å². The minimum atomic E-state index is -4.05. The van der Waals surface area contributed by atoms with Crippen molar-refractivity contribution in [2.45, 2.75) is 43.5 Å². The zero-order chi connectivity index (χ0) is 23.8. The molecule has 0 fully saturated rings.